The molecule has 0 saturated heterocycles. The van der Waals surface area contributed by atoms with E-state index in [0.717, 1.165) is 51.4 Å². The second kappa shape index (κ2) is 29.1. The van der Waals surface area contributed by atoms with Crippen LogP contribution in [0.4, 0.5) is 0 Å². The smallest absolute Gasteiger partial charge is 0.0433 e. The highest BCUT2D eigenvalue weighted by Crippen LogP contribution is 2.18. The second-order valence-electron chi connectivity index (χ2n) is 14.6. The third-order valence-corrected chi connectivity index (χ3v) is 9.05. The molecule has 0 heterocycles. The van der Waals surface area contributed by atoms with Crippen molar-refractivity contribution < 1.29 is 5.11 Å². The fraction of sp³-hybridized carbons (Fsp3) is 0.644. The van der Waals surface area contributed by atoms with Crippen LogP contribution in [0.3, 0.4) is 0 Å². The lowest BCUT2D eigenvalue weighted by Crippen LogP contribution is -1.97. The first-order chi connectivity index (χ1) is 21.9. The fourth-order valence-corrected chi connectivity index (χ4v) is 5.56. The molecule has 262 valence electrons. The van der Waals surface area contributed by atoms with Crippen LogP contribution < -0.4 is 0 Å². The Hall–Kier alpha value is -2.12. The molecular formula is C45H76O. The maximum Gasteiger partial charge on any atom is 0.0433 e. The zero-order chi connectivity index (χ0) is 34.6. The summed E-state index contributed by atoms with van der Waals surface area (Å²) in [5.41, 5.74) is 12.1. The molecular weight excluding hydrogens is 556 g/mol. The molecule has 0 aromatic rings. The molecule has 0 bridgehead atoms. The molecule has 0 amide bonds. The number of aliphatic hydroxyl groups is 1. The largest absolute Gasteiger partial charge is 0.396 e. The van der Waals surface area contributed by atoms with Crippen LogP contribution in [0.25, 0.3) is 0 Å². The quantitative estimate of drug-likeness (QED) is 0.0941. The molecule has 46 heavy (non-hydrogen) atoms. The lowest BCUT2D eigenvalue weighted by atomic mass is 10.0. The third-order valence-electron chi connectivity index (χ3n) is 9.05. The summed E-state index contributed by atoms with van der Waals surface area (Å²) in [6.07, 6.45) is 39.0. The van der Waals surface area contributed by atoms with Crippen molar-refractivity contribution in [2.75, 3.05) is 6.61 Å². The SMILES string of the molecule is CC(C)=CCC/C(C)=C/CC/C(C)=C/CC/C(C)=C/CC/C(C)=C/CC/C(C)=C/CC/C(C)=C/CC/C(C)=C/CCC(C)CCO. The number of aliphatic hydroxyl groups excluding tert-OH is 1. The highest BCUT2D eigenvalue weighted by Gasteiger charge is 2.00. The summed E-state index contributed by atoms with van der Waals surface area (Å²) >= 11 is 0. The molecule has 0 aliphatic carbocycles. The van der Waals surface area contributed by atoms with Gasteiger partial charge in [-0.25, -0.2) is 0 Å². The van der Waals surface area contributed by atoms with Crippen LogP contribution in [0.5, 0.6) is 0 Å². The maximum absolute atomic E-state index is 9.04. The first-order valence-electron chi connectivity index (χ1n) is 18.8. The molecule has 0 radical (unpaired) electrons. The van der Waals surface area contributed by atoms with Gasteiger partial charge in [0.25, 0.3) is 0 Å². The van der Waals surface area contributed by atoms with Gasteiger partial charge in [-0.3, -0.25) is 0 Å². The Morgan fingerprint density at radius 3 is 0.848 bits per heavy atom. The first kappa shape index (κ1) is 43.9. The molecule has 1 heteroatoms. The summed E-state index contributed by atoms with van der Waals surface area (Å²) in [4.78, 5) is 0. The molecule has 1 atom stereocenters. The van der Waals surface area contributed by atoms with E-state index in [1.165, 1.54) is 102 Å². The predicted octanol–water partition coefficient (Wildman–Crippen LogP) is 14.8. The Morgan fingerprint density at radius 2 is 0.609 bits per heavy atom. The normalized spacial score (nSPS) is 15.1. The van der Waals surface area contributed by atoms with Gasteiger partial charge in [-0.05, 0) is 177 Å². The van der Waals surface area contributed by atoms with Crippen molar-refractivity contribution >= 4 is 0 Å². The summed E-state index contributed by atoms with van der Waals surface area (Å²) in [6.45, 7) is 22.9. The van der Waals surface area contributed by atoms with Crippen molar-refractivity contribution in [3.63, 3.8) is 0 Å². The standard InChI is InChI=1S/C45H76O/c1-37(2)19-11-20-38(3)21-12-22-39(4)23-13-24-40(5)25-14-26-41(6)27-15-28-42(7)29-16-30-43(8)31-17-32-44(9)33-18-34-45(10)35-36-46/h19,21,23,25,27,29,31,33,45-46H,11-18,20,22,24,26,28,30,32,34-36H2,1-10H3/b38-21+,39-23+,40-25+,41-27+,42-29+,43-31+,44-33+. The molecule has 0 aromatic heterocycles. The van der Waals surface area contributed by atoms with Crippen LogP contribution >= 0.6 is 0 Å². The maximum atomic E-state index is 9.04. The predicted molar refractivity (Wildman–Crippen MR) is 210 cm³/mol. The lowest BCUT2D eigenvalue weighted by molar-refractivity contribution is 0.259. The van der Waals surface area contributed by atoms with Crippen LogP contribution in [0.15, 0.2) is 93.2 Å². The molecule has 1 N–H and O–H groups in total. The van der Waals surface area contributed by atoms with Gasteiger partial charge in [-0.2, -0.15) is 0 Å². The summed E-state index contributed by atoms with van der Waals surface area (Å²) in [5, 5.41) is 9.04. The van der Waals surface area contributed by atoms with Crippen molar-refractivity contribution in [3.8, 4) is 0 Å². The van der Waals surface area contributed by atoms with Crippen molar-refractivity contribution in [1.29, 1.82) is 0 Å². The molecule has 0 rings (SSSR count). The first-order valence-corrected chi connectivity index (χ1v) is 18.8. The number of allylic oxidation sites excluding steroid dienone is 16. The van der Waals surface area contributed by atoms with Gasteiger partial charge in [-0.1, -0.05) is 100 Å². The molecule has 0 saturated carbocycles. The zero-order valence-electron chi connectivity index (χ0n) is 32.4. The van der Waals surface area contributed by atoms with Gasteiger partial charge >= 0.3 is 0 Å². The average Bonchev–Trinajstić information content (AvgIpc) is 2.97. The van der Waals surface area contributed by atoms with Gasteiger partial charge in [0.1, 0.15) is 0 Å². The second-order valence-corrected chi connectivity index (χ2v) is 14.6. The Labute approximate surface area is 288 Å². The van der Waals surface area contributed by atoms with E-state index in [4.69, 9.17) is 5.11 Å². The lowest BCUT2D eigenvalue weighted by Gasteiger charge is -2.07. The summed E-state index contributed by atoms with van der Waals surface area (Å²) in [7, 11) is 0. The number of hydrogen-bond donors (Lipinski definition) is 1. The van der Waals surface area contributed by atoms with Gasteiger partial charge < -0.3 is 5.11 Å². The van der Waals surface area contributed by atoms with Crippen molar-refractivity contribution in [2.45, 2.75) is 178 Å². The molecule has 0 aliphatic rings. The third kappa shape index (κ3) is 29.3. The zero-order valence-corrected chi connectivity index (χ0v) is 32.4. The summed E-state index contributed by atoms with van der Waals surface area (Å²) < 4.78 is 0. The monoisotopic (exact) mass is 633 g/mol. The van der Waals surface area contributed by atoms with Gasteiger partial charge in [0, 0.05) is 6.61 Å². The van der Waals surface area contributed by atoms with Crippen LogP contribution in [-0.2, 0) is 0 Å². The van der Waals surface area contributed by atoms with Crippen molar-refractivity contribution in [2.24, 2.45) is 5.92 Å². The van der Waals surface area contributed by atoms with E-state index < -0.39 is 0 Å². The summed E-state index contributed by atoms with van der Waals surface area (Å²) in [5.74, 6) is 0.618. The Morgan fingerprint density at radius 1 is 0.370 bits per heavy atom. The van der Waals surface area contributed by atoms with E-state index in [2.05, 4.69) is 118 Å². The summed E-state index contributed by atoms with van der Waals surface area (Å²) in [6, 6.07) is 0. The van der Waals surface area contributed by atoms with Crippen molar-refractivity contribution in [1.82, 2.24) is 0 Å². The van der Waals surface area contributed by atoms with Gasteiger partial charge in [-0.15, -0.1) is 0 Å². The molecule has 0 aromatic carbocycles. The number of hydrogen-bond acceptors (Lipinski definition) is 1. The molecule has 0 fully saturated rings. The Balaban J connectivity index is 4.19. The average molecular weight is 633 g/mol. The van der Waals surface area contributed by atoms with Gasteiger partial charge in [0.05, 0.1) is 0 Å². The van der Waals surface area contributed by atoms with E-state index in [1.54, 1.807) is 0 Å². The number of rotatable bonds is 26. The van der Waals surface area contributed by atoms with Gasteiger partial charge in [0.15, 0.2) is 0 Å². The minimum atomic E-state index is 0.312. The van der Waals surface area contributed by atoms with Crippen molar-refractivity contribution in [3.05, 3.63) is 93.2 Å². The minimum absolute atomic E-state index is 0.312. The Kier molecular flexibility index (Phi) is 27.7. The van der Waals surface area contributed by atoms with Gasteiger partial charge in [0.2, 0.25) is 0 Å². The van der Waals surface area contributed by atoms with E-state index in [9.17, 15) is 0 Å². The van der Waals surface area contributed by atoms with E-state index in [0.29, 0.717) is 12.5 Å². The van der Waals surface area contributed by atoms with E-state index >= 15 is 0 Å². The molecule has 1 nitrogen and oxygen atoms in total. The van der Waals surface area contributed by atoms with Crippen LogP contribution in [0, 0.1) is 5.92 Å². The minimum Gasteiger partial charge on any atom is -0.396 e. The van der Waals surface area contributed by atoms with Crippen LogP contribution in [0.2, 0.25) is 0 Å². The fourth-order valence-electron chi connectivity index (χ4n) is 5.56. The topological polar surface area (TPSA) is 20.2 Å². The highest BCUT2D eigenvalue weighted by atomic mass is 16.3. The molecule has 1 unspecified atom stereocenters. The highest BCUT2D eigenvalue weighted by molar-refractivity contribution is 5.10. The van der Waals surface area contributed by atoms with Crippen LogP contribution in [-0.4, -0.2) is 11.7 Å². The van der Waals surface area contributed by atoms with Crippen LogP contribution in [0.1, 0.15) is 178 Å². The Bertz CT molecular complexity index is 1040. The molecule has 0 aliphatic heterocycles. The van der Waals surface area contributed by atoms with E-state index in [-0.39, 0.29) is 0 Å². The molecule has 0 spiro atoms. The van der Waals surface area contributed by atoms with E-state index in [1.807, 2.05) is 0 Å².